The van der Waals surface area contributed by atoms with Gasteiger partial charge in [-0.2, -0.15) is 0 Å². The van der Waals surface area contributed by atoms with Crippen LogP contribution in [0, 0.1) is 5.92 Å². The number of aliphatic hydroxyl groups is 1. The fourth-order valence-electron chi connectivity index (χ4n) is 3.85. The molecule has 1 aromatic rings. The van der Waals surface area contributed by atoms with Crippen LogP contribution in [0.1, 0.15) is 51.4 Å². The Morgan fingerprint density at radius 3 is 2.76 bits per heavy atom. The van der Waals surface area contributed by atoms with E-state index in [0.29, 0.717) is 12.0 Å². The van der Waals surface area contributed by atoms with Gasteiger partial charge in [0, 0.05) is 32.3 Å². The Morgan fingerprint density at radius 1 is 1.12 bits per heavy atom. The second kappa shape index (κ2) is 9.92. The molecule has 3 rings (SSSR count). The van der Waals surface area contributed by atoms with Crippen molar-refractivity contribution in [1.82, 2.24) is 9.97 Å². The van der Waals surface area contributed by atoms with Crippen LogP contribution >= 0.6 is 0 Å². The molecule has 1 aromatic heterocycles. The van der Waals surface area contributed by atoms with Crippen LogP contribution in [0.15, 0.2) is 12.4 Å². The molecule has 1 atom stereocenters. The number of anilines is 2. The van der Waals surface area contributed by atoms with E-state index in [1.165, 1.54) is 38.5 Å². The molecule has 25 heavy (non-hydrogen) atoms. The number of nitrogens with zero attached hydrogens (tertiary/aromatic N) is 3. The molecule has 0 aromatic carbocycles. The van der Waals surface area contributed by atoms with E-state index in [1.807, 2.05) is 6.07 Å². The molecule has 2 N–H and O–H groups in total. The molecule has 6 heteroatoms. The van der Waals surface area contributed by atoms with Crippen LogP contribution < -0.4 is 10.2 Å². The highest BCUT2D eigenvalue weighted by Gasteiger charge is 2.20. The molecule has 1 saturated carbocycles. The van der Waals surface area contributed by atoms with Gasteiger partial charge in [-0.3, -0.25) is 0 Å². The zero-order chi connectivity index (χ0) is 17.3. The van der Waals surface area contributed by atoms with E-state index < -0.39 is 0 Å². The van der Waals surface area contributed by atoms with Crippen molar-refractivity contribution in [3.8, 4) is 0 Å². The minimum absolute atomic E-state index is 0.255. The van der Waals surface area contributed by atoms with E-state index >= 15 is 0 Å². The summed E-state index contributed by atoms with van der Waals surface area (Å²) in [7, 11) is 0. The lowest BCUT2D eigenvalue weighted by Crippen LogP contribution is -2.37. The molecule has 2 fully saturated rings. The summed E-state index contributed by atoms with van der Waals surface area (Å²) in [6.45, 7) is 3.62. The van der Waals surface area contributed by atoms with Gasteiger partial charge in [-0.1, -0.05) is 25.7 Å². The van der Waals surface area contributed by atoms with Crippen molar-refractivity contribution in [3.63, 3.8) is 0 Å². The van der Waals surface area contributed by atoms with E-state index in [9.17, 15) is 5.11 Å². The Labute approximate surface area is 151 Å². The number of aliphatic hydroxyl groups excluding tert-OH is 1. The minimum atomic E-state index is 0.255. The number of nitrogens with one attached hydrogen (secondary N) is 1. The Kier molecular flexibility index (Phi) is 7.30. The number of hydrogen-bond donors (Lipinski definition) is 2. The Balaban J connectivity index is 1.43. The van der Waals surface area contributed by atoms with Gasteiger partial charge in [0.15, 0.2) is 0 Å². The molecule has 1 unspecified atom stereocenters. The van der Waals surface area contributed by atoms with Crippen molar-refractivity contribution < 1.29 is 9.84 Å². The lowest BCUT2D eigenvalue weighted by molar-refractivity contribution is 0.0501. The summed E-state index contributed by atoms with van der Waals surface area (Å²) in [5.41, 5.74) is 0. The predicted octanol–water partition coefficient (Wildman–Crippen LogP) is 2.84. The molecule has 1 saturated heterocycles. The quantitative estimate of drug-likeness (QED) is 0.583. The largest absolute Gasteiger partial charge is 0.396 e. The van der Waals surface area contributed by atoms with Gasteiger partial charge < -0.3 is 20.1 Å². The first-order valence-electron chi connectivity index (χ1n) is 9.88. The summed E-state index contributed by atoms with van der Waals surface area (Å²) in [5.74, 6) is 2.15. The summed E-state index contributed by atoms with van der Waals surface area (Å²) >= 11 is 0. The second-order valence-corrected chi connectivity index (χ2v) is 7.31. The van der Waals surface area contributed by atoms with Gasteiger partial charge in [-0.15, -0.1) is 0 Å². The van der Waals surface area contributed by atoms with Crippen LogP contribution in [0.5, 0.6) is 0 Å². The smallest absolute Gasteiger partial charge is 0.134 e. The third kappa shape index (κ3) is 5.82. The van der Waals surface area contributed by atoms with Crippen LogP contribution in [0.3, 0.4) is 0 Å². The second-order valence-electron chi connectivity index (χ2n) is 7.31. The lowest BCUT2D eigenvalue weighted by atomic mass is 9.99. The third-order valence-corrected chi connectivity index (χ3v) is 5.32. The normalized spacial score (nSPS) is 22.6. The Bertz CT molecular complexity index is 506. The number of rotatable bonds is 7. The summed E-state index contributed by atoms with van der Waals surface area (Å²) in [5, 5.41) is 12.7. The fraction of sp³-hybridized carbons (Fsp3) is 0.789. The average Bonchev–Trinajstić information content (AvgIpc) is 2.94. The molecule has 2 aliphatic rings. The zero-order valence-corrected chi connectivity index (χ0v) is 15.2. The molecule has 0 amide bonds. The number of ether oxygens (including phenoxy) is 1. The van der Waals surface area contributed by atoms with E-state index in [1.54, 1.807) is 6.33 Å². The molecule has 6 nitrogen and oxygen atoms in total. The van der Waals surface area contributed by atoms with Crippen molar-refractivity contribution in [2.75, 3.05) is 43.1 Å². The van der Waals surface area contributed by atoms with Crippen LogP contribution in [0.25, 0.3) is 0 Å². The molecular formula is C19H32N4O2. The molecule has 0 bridgehead atoms. The van der Waals surface area contributed by atoms with Crippen molar-refractivity contribution in [2.24, 2.45) is 5.92 Å². The molecule has 1 aliphatic carbocycles. The molecule has 0 radical (unpaired) electrons. The predicted molar refractivity (Wildman–Crippen MR) is 100.0 cm³/mol. The first-order valence-corrected chi connectivity index (χ1v) is 9.88. The molecule has 2 heterocycles. The highest BCUT2D eigenvalue weighted by atomic mass is 16.5. The minimum Gasteiger partial charge on any atom is -0.396 e. The van der Waals surface area contributed by atoms with Crippen molar-refractivity contribution in [2.45, 2.75) is 57.5 Å². The monoisotopic (exact) mass is 348 g/mol. The Morgan fingerprint density at radius 2 is 1.96 bits per heavy atom. The van der Waals surface area contributed by atoms with E-state index in [4.69, 9.17) is 4.74 Å². The summed E-state index contributed by atoms with van der Waals surface area (Å²) in [4.78, 5) is 11.0. The number of aromatic nitrogens is 2. The SMILES string of the molecule is OCC1CCCN(c2cc(NCCOC3CCCCCC3)ncn2)C1. The maximum atomic E-state index is 9.39. The van der Waals surface area contributed by atoms with Gasteiger partial charge in [0.1, 0.15) is 18.0 Å². The summed E-state index contributed by atoms with van der Waals surface area (Å²) in [6, 6.07) is 2.01. The maximum absolute atomic E-state index is 9.39. The highest BCUT2D eigenvalue weighted by Crippen LogP contribution is 2.22. The van der Waals surface area contributed by atoms with Crippen molar-refractivity contribution in [1.29, 1.82) is 0 Å². The van der Waals surface area contributed by atoms with E-state index in [-0.39, 0.29) is 6.61 Å². The van der Waals surface area contributed by atoms with Crippen LogP contribution in [0.2, 0.25) is 0 Å². The van der Waals surface area contributed by atoms with Crippen molar-refractivity contribution in [3.05, 3.63) is 12.4 Å². The first kappa shape index (κ1) is 18.4. The highest BCUT2D eigenvalue weighted by molar-refractivity contribution is 5.48. The third-order valence-electron chi connectivity index (χ3n) is 5.32. The van der Waals surface area contributed by atoms with Gasteiger partial charge in [-0.05, 0) is 31.6 Å². The van der Waals surface area contributed by atoms with Crippen molar-refractivity contribution >= 4 is 11.6 Å². The van der Waals surface area contributed by atoms with Gasteiger partial charge in [0.05, 0.1) is 12.7 Å². The summed E-state index contributed by atoms with van der Waals surface area (Å²) < 4.78 is 6.02. The zero-order valence-electron chi connectivity index (χ0n) is 15.2. The fourth-order valence-corrected chi connectivity index (χ4v) is 3.85. The topological polar surface area (TPSA) is 70.5 Å². The van der Waals surface area contributed by atoms with Gasteiger partial charge in [0.2, 0.25) is 0 Å². The van der Waals surface area contributed by atoms with Crippen LogP contribution in [-0.2, 0) is 4.74 Å². The van der Waals surface area contributed by atoms with E-state index in [0.717, 1.165) is 50.7 Å². The number of piperidine rings is 1. The Hall–Kier alpha value is -1.40. The molecule has 0 spiro atoms. The van der Waals surface area contributed by atoms with Gasteiger partial charge >= 0.3 is 0 Å². The standard InChI is InChI=1S/C19H32N4O2/c24-14-16-6-5-10-23(13-16)19-12-18(21-15-22-19)20-9-11-25-17-7-3-1-2-4-8-17/h12,15-17,24H,1-11,13-14H2,(H,20,21,22). The summed E-state index contributed by atoms with van der Waals surface area (Å²) in [6.07, 6.45) is 12.0. The lowest BCUT2D eigenvalue weighted by Gasteiger charge is -2.32. The first-order chi connectivity index (χ1) is 12.3. The van der Waals surface area contributed by atoms with E-state index in [2.05, 4.69) is 20.2 Å². The maximum Gasteiger partial charge on any atom is 0.134 e. The van der Waals surface area contributed by atoms with Crippen LogP contribution in [0.4, 0.5) is 11.6 Å². The van der Waals surface area contributed by atoms with Crippen LogP contribution in [-0.4, -0.2) is 54.0 Å². The molecule has 1 aliphatic heterocycles. The van der Waals surface area contributed by atoms with Gasteiger partial charge in [0.25, 0.3) is 0 Å². The van der Waals surface area contributed by atoms with Gasteiger partial charge in [-0.25, -0.2) is 9.97 Å². The molecule has 140 valence electrons. The molecular weight excluding hydrogens is 316 g/mol. The average molecular weight is 348 g/mol. The number of hydrogen-bond acceptors (Lipinski definition) is 6.